The Morgan fingerprint density at radius 1 is 1.91 bits per heavy atom. The molecule has 0 saturated heterocycles. The lowest BCUT2D eigenvalue weighted by molar-refractivity contribution is 0.738. The summed E-state index contributed by atoms with van der Waals surface area (Å²) in [5, 5.41) is 4.03. The van der Waals surface area contributed by atoms with Crippen molar-refractivity contribution in [2.45, 2.75) is 19.4 Å². The lowest BCUT2D eigenvalue weighted by Crippen LogP contribution is -2.17. The van der Waals surface area contributed by atoms with E-state index in [0.29, 0.717) is 0 Å². The molecule has 0 fully saturated rings. The molecular weight excluding hydrogens is 138 g/mol. The second-order valence-corrected chi connectivity index (χ2v) is 2.69. The van der Waals surface area contributed by atoms with Gasteiger partial charge in [0.2, 0.25) is 0 Å². The van der Waals surface area contributed by atoms with E-state index in [0.717, 1.165) is 12.0 Å². The minimum Gasteiger partial charge on any atom is -0.328 e. The van der Waals surface area contributed by atoms with E-state index < -0.39 is 0 Å². The largest absolute Gasteiger partial charge is 0.328 e. The van der Waals surface area contributed by atoms with Gasteiger partial charge in [-0.25, -0.2) is 4.68 Å². The third-order valence-electron chi connectivity index (χ3n) is 1.40. The molecule has 0 aromatic carbocycles. The Hall–Kier alpha value is -1.09. The fourth-order valence-corrected chi connectivity index (χ4v) is 0.954. The molecule has 0 bridgehead atoms. The minimum absolute atomic E-state index is 0.192. The van der Waals surface area contributed by atoms with Crippen LogP contribution in [0.5, 0.6) is 0 Å². The topological polar surface area (TPSA) is 43.8 Å². The normalized spacial score (nSPS) is 12.9. The summed E-state index contributed by atoms with van der Waals surface area (Å²) in [6, 6.07) is 0.192. The summed E-state index contributed by atoms with van der Waals surface area (Å²) in [7, 11) is 0. The first-order valence-corrected chi connectivity index (χ1v) is 3.63. The zero-order chi connectivity index (χ0) is 8.27. The number of nitrogens with two attached hydrogens (primary N) is 1. The summed E-state index contributed by atoms with van der Waals surface area (Å²) in [4.78, 5) is 0. The third kappa shape index (κ3) is 2.20. The van der Waals surface area contributed by atoms with Crippen LogP contribution in [0.3, 0.4) is 0 Å². The third-order valence-corrected chi connectivity index (χ3v) is 1.40. The van der Waals surface area contributed by atoms with Crippen LogP contribution in [0, 0.1) is 0 Å². The highest BCUT2D eigenvalue weighted by Crippen LogP contribution is 2.00. The van der Waals surface area contributed by atoms with Gasteiger partial charge in [-0.3, -0.25) is 0 Å². The first-order valence-electron chi connectivity index (χ1n) is 3.63. The van der Waals surface area contributed by atoms with E-state index in [9.17, 15) is 0 Å². The van der Waals surface area contributed by atoms with Crippen molar-refractivity contribution in [1.29, 1.82) is 0 Å². The maximum atomic E-state index is 5.61. The molecule has 1 aromatic heterocycles. The molecule has 1 aromatic rings. The van der Waals surface area contributed by atoms with Gasteiger partial charge in [0.15, 0.2) is 0 Å². The maximum Gasteiger partial charge on any atom is 0.0526 e. The van der Waals surface area contributed by atoms with Gasteiger partial charge in [-0.1, -0.05) is 6.58 Å². The van der Waals surface area contributed by atoms with Crippen molar-refractivity contribution < 1.29 is 0 Å². The first kappa shape index (κ1) is 8.01. The van der Waals surface area contributed by atoms with Gasteiger partial charge in [-0.05, 0) is 18.9 Å². The predicted octanol–water partition coefficient (Wildman–Crippen LogP) is 0.873. The highest BCUT2D eigenvalue weighted by molar-refractivity contribution is 5.18. The van der Waals surface area contributed by atoms with Crippen LogP contribution < -0.4 is 5.73 Å². The van der Waals surface area contributed by atoms with Crippen LogP contribution >= 0.6 is 0 Å². The van der Waals surface area contributed by atoms with Crippen molar-refractivity contribution in [2.24, 2.45) is 5.73 Å². The summed E-state index contributed by atoms with van der Waals surface area (Å²) >= 11 is 0. The van der Waals surface area contributed by atoms with Crippen molar-refractivity contribution in [2.75, 3.05) is 0 Å². The van der Waals surface area contributed by atoms with E-state index >= 15 is 0 Å². The molecule has 3 heteroatoms. The number of aromatic nitrogens is 2. The van der Waals surface area contributed by atoms with Crippen molar-refractivity contribution in [3.63, 3.8) is 0 Å². The highest BCUT2D eigenvalue weighted by atomic mass is 15.2. The number of rotatable bonds is 3. The molecule has 1 rings (SSSR count). The van der Waals surface area contributed by atoms with Crippen LogP contribution in [0.25, 0.3) is 6.20 Å². The van der Waals surface area contributed by atoms with Gasteiger partial charge in [-0.15, -0.1) is 0 Å². The quantitative estimate of drug-likeness (QED) is 0.696. The Morgan fingerprint density at radius 3 is 3.09 bits per heavy atom. The molecule has 0 radical (unpaired) electrons. The molecule has 0 amide bonds. The molecule has 0 aliphatic rings. The highest BCUT2D eigenvalue weighted by Gasteiger charge is 1.99. The molecule has 1 atom stereocenters. The first-order chi connectivity index (χ1) is 5.22. The molecule has 11 heavy (non-hydrogen) atoms. The van der Waals surface area contributed by atoms with E-state index in [1.54, 1.807) is 10.9 Å². The SMILES string of the molecule is C=Cn1cc(C[C@@H](C)N)cn1. The van der Waals surface area contributed by atoms with Crippen LogP contribution in [0.15, 0.2) is 19.0 Å². The molecule has 0 aliphatic carbocycles. The van der Waals surface area contributed by atoms with Crippen molar-refractivity contribution >= 4 is 6.20 Å². The van der Waals surface area contributed by atoms with Crippen LogP contribution in [0.4, 0.5) is 0 Å². The van der Waals surface area contributed by atoms with Crippen LogP contribution in [0.2, 0.25) is 0 Å². The summed E-state index contributed by atoms with van der Waals surface area (Å²) in [6.07, 6.45) is 6.26. The van der Waals surface area contributed by atoms with Gasteiger partial charge in [0.25, 0.3) is 0 Å². The average molecular weight is 151 g/mol. The van der Waals surface area contributed by atoms with Gasteiger partial charge in [0, 0.05) is 18.4 Å². The second kappa shape index (κ2) is 3.34. The maximum absolute atomic E-state index is 5.61. The Balaban J connectivity index is 2.65. The van der Waals surface area contributed by atoms with Crippen molar-refractivity contribution in [1.82, 2.24) is 9.78 Å². The Kier molecular flexibility index (Phi) is 2.44. The molecule has 1 heterocycles. The fraction of sp³-hybridized carbons (Fsp3) is 0.375. The zero-order valence-electron chi connectivity index (χ0n) is 6.70. The van der Waals surface area contributed by atoms with Gasteiger partial charge >= 0.3 is 0 Å². The summed E-state index contributed by atoms with van der Waals surface area (Å²) in [6.45, 7) is 5.57. The smallest absolute Gasteiger partial charge is 0.0526 e. The van der Waals surface area contributed by atoms with E-state index in [-0.39, 0.29) is 6.04 Å². The number of hydrogen-bond donors (Lipinski definition) is 1. The van der Waals surface area contributed by atoms with Crippen LogP contribution in [-0.4, -0.2) is 15.8 Å². The molecular formula is C8H13N3. The molecule has 60 valence electrons. The van der Waals surface area contributed by atoms with E-state index in [2.05, 4.69) is 11.7 Å². The van der Waals surface area contributed by atoms with Crippen molar-refractivity contribution in [3.05, 3.63) is 24.5 Å². The summed E-state index contributed by atoms with van der Waals surface area (Å²) in [5.41, 5.74) is 6.76. The van der Waals surface area contributed by atoms with Crippen LogP contribution in [0.1, 0.15) is 12.5 Å². The Labute approximate surface area is 66.5 Å². The summed E-state index contributed by atoms with van der Waals surface area (Å²) in [5.74, 6) is 0. The monoisotopic (exact) mass is 151 g/mol. The minimum atomic E-state index is 0.192. The molecule has 0 unspecified atom stereocenters. The Morgan fingerprint density at radius 2 is 2.64 bits per heavy atom. The zero-order valence-corrected chi connectivity index (χ0v) is 6.70. The molecule has 0 saturated carbocycles. The lowest BCUT2D eigenvalue weighted by Gasteiger charge is -1.99. The van der Waals surface area contributed by atoms with Gasteiger partial charge < -0.3 is 5.73 Å². The standard InChI is InChI=1S/C8H13N3/c1-3-11-6-8(5-10-11)4-7(2)9/h3,5-7H,1,4,9H2,2H3/t7-/m1/s1. The van der Waals surface area contributed by atoms with E-state index in [1.807, 2.05) is 19.3 Å². The lowest BCUT2D eigenvalue weighted by atomic mass is 10.1. The molecule has 3 nitrogen and oxygen atoms in total. The second-order valence-electron chi connectivity index (χ2n) is 2.69. The van der Waals surface area contributed by atoms with E-state index in [1.165, 1.54) is 0 Å². The van der Waals surface area contributed by atoms with E-state index in [4.69, 9.17) is 5.73 Å². The Bertz CT molecular complexity index is 237. The van der Waals surface area contributed by atoms with Crippen molar-refractivity contribution in [3.8, 4) is 0 Å². The average Bonchev–Trinajstić information content (AvgIpc) is 2.34. The fourth-order valence-electron chi connectivity index (χ4n) is 0.954. The molecule has 0 aliphatic heterocycles. The predicted molar refractivity (Wildman–Crippen MR) is 46.0 cm³/mol. The molecule has 2 N–H and O–H groups in total. The van der Waals surface area contributed by atoms with Crippen LogP contribution in [-0.2, 0) is 6.42 Å². The number of hydrogen-bond acceptors (Lipinski definition) is 2. The number of nitrogens with zero attached hydrogens (tertiary/aromatic N) is 2. The van der Waals surface area contributed by atoms with Gasteiger partial charge in [0.1, 0.15) is 0 Å². The molecule has 0 spiro atoms. The van der Waals surface area contributed by atoms with Gasteiger partial charge in [0.05, 0.1) is 6.20 Å². The van der Waals surface area contributed by atoms with Gasteiger partial charge in [-0.2, -0.15) is 5.10 Å². The summed E-state index contributed by atoms with van der Waals surface area (Å²) < 4.78 is 1.68.